The normalized spacial score (nSPS) is 15.0. The van der Waals surface area contributed by atoms with Crippen LogP contribution in [0.3, 0.4) is 0 Å². The molecule has 0 spiro atoms. The number of nitrogens with zero attached hydrogens (tertiary/aromatic N) is 2. The Labute approximate surface area is 148 Å². The molecule has 1 aromatic carbocycles. The number of anilines is 1. The number of aryl methyl sites for hydroxylation is 2. The predicted molar refractivity (Wildman–Crippen MR) is 97.4 cm³/mol. The molecule has 1 aliphatic rings. The molecule has 1 atom stereocenters. The van der Waals surface area contributed by atoms with Crippen molar-refractivity contribution in [2.75, 3.05) is 11.9 Å². The molecule has 0 aliphatic carbocycles. The largest absolute Gasteiger partial charge is 0.394 e. The standard InChI is InChI=1S/C19H26N4O2/c1-12(15-4-6-18-16(10-15)5-7-19(25)21-18)20-11-17-13(2)22-23(8-9-24)14(17)3/h4,6,10,12,20,24H,5,7-9,11H2,1-3H3,(H,21,25). The maximum Gasteiger partial charge on any atom is 0.224 e. The molecule has 0 saturated carbocycles. The van der Waals surface area contributed by atoms with Crippen molar-refractivity contribution in [2.45, 2.75) is 52.7 Å². The summed E-state index contributed by atoms with van der Waals surface area (Å²) in [4.78, 5) is 11.5. The van der Waals surface area contributed by atoms with E-state index in [2.05, 4.69) is 34.8 Å². The molecule has 2 heterocycles. The highest BCUT2D eigenvalue weighted by Crippen LogP contribution is 2.26. The average Bonchev–Trinajstić information content (AvgIpc) is 2.86. The zero-order chi connectivity index (χ0) is 18.0. The van der Waals surface area contributed by atoms with E-state index < -0.39 is 0 Å². The van der Waals surface area contributed by atoms with E-state index in [1.165, 1.54) is 16.7 Å². The van der Waals surface area contributed by atoms with Gasteiger partial charge in [-0.05, 0) is 44.4 Å². The van der Waals surface area contributed by atoms with Crippen LogP contribution in [-0.2, 0) is 24.3 Å². The van der Waals surface area contributed by atoms with Crippen LogP contribution >= 0.6 is 0 Å². The number of aliphatic hydroxyl groups excluding tert-OH is 1. The minimum atomic E-state index is 0.0941. The summed E-state index contributed by atoms with van der Waals surface area (Å²) in [5.41, 5.74) is 6.63. The van der Waals surface area contributed by atoms with E-state index in [4.69, 9.17) is 5.11 Å². The molecule has 1 aliphatic heterocycles. The van der Waals surface area contributed by atoms with Crippen LogP contribution in [0, 0.1) is 13.8 Å². The van der Waals surface area contributed by atoms with Crippen molar-refractivity contribution in [2.24, 2.45) is 0 Å². The number of carbonyl (C=O) groups is 1. The summed E-state index contributed by atoms with van der Waals surface area (Å²) in [6.07, 6.45) is 1.36. The molecule has 0 fully saturated rings. The van der Waals surface area contributed by atoms with Crippen molar-refractivity contribution in [3.63, 3.8) is 0 Å². The molecule has 3 N–H and O–H groups in total. The lowest BCUT2D eigenvalue weighted by Crippen LogP contribution is -2.21. The molecule has 6 nitrogen and oxygen atoms in total. The van der Waals surface area contributed by atoms with Crippen molar-refractivity contribution in [1.29, 1.82) is 0 Å². The third-order valence-electron chi connectivity index (χ3n) is 4.95. The Hall–Kier alpha value is -2.18. The fourth-order valence-electron chi connectivity index (χ4n) is 3.35. The third kappa shape index (κ3) is 3.75. The van der Waals surface area contributed by atoms with Gasteiger partial charge in [-0.1, -0.05) is 12.1 Å². The van der Waals surface area contributed by atoms with Gasteiger partial charge in [0, 0.05) is 36.0 Å². The van der Waals surface area contributed by atoms with Gasteiger partial charge in [-0.3, -0.25) is 9.48 Å². The molecule has 2 aromatic rings. The number of carbonyl (C=O) groups excluding carboxylic acids is 1. The van der Waals surface area contributed by atoms with E-state index in [1.54, 1.807) is 0 Å². The molecule has 1 amide bonds. The topological polar surface area (TPSA) is 79.2 Å². The summed E-state index contributed by atoms with van der Waals surface area (Å²) in [5.74, 6) is 0.0947. The second-order valence-electron chi connectivity index (χ2n) is 6.66. The first-order valence-electron chi connectivity index (χ1n) is 8.79. The number of hydrogen-bond acceptors (Lipinski definition) is 4. The maximum atomic E-state index is 11.5. The van der Waals surface area contributed by atoms with Gasteiger partial charge in [0.15, 0.2) is 0 Å². The summed E-state index contributed by atoms with van der Waals surface area (Å²) in [6, 6.07) is 6.44. The average molecular weight is 342 g/mol. The molecule has 1 aromatic heterocycles. The van der Waals surface area contributed by atoms with Crippen LogP contribution in [0.1, 0.15) is 47.5 Å². The van der Waals surface area contributed by atoms with Gasteiger partial charge in [0.1, 0.15) is 0 Å². The molecule has 6 heteroatoms. The van der Waals surface area contributed by atoms with Crippen molar-refractivity contribution in [3.8, 4) is 0 Å². The Morgan fingerprint density at radius 3 is 2.92 bits per heavy atom. The fourth-order valence-corrected chi connectivity index (χ4v) is 3.35. The van der Waals surface area contributed by atoms with E-state index >= 15 is 0 Å². The number of benzene rings is 1. The molecular weight excluding hydrogens is 316 g/mol. The van der Waals surface area contributed by atoms with Crippen LogP contribution in [0.25, 0.3) is 0 Å². The van der Waals surface area contributed by atoms with Gasteiger partial charge in [-0.2, -0.15) is 5.10 Å². The van der Waals surface area contributed by atoms with Crippen molar-refractivity contribution in [1.82, 2.24) is 15.1 Å². The lowest BCUT2D eigenvalue weighted by atomic mass is 9.97. The second-order valence-corrected chi connectivity index (χ2v) is 6.66. The lowest BCUT2D eigenvalue weighted by Gasteiger charge is -2.20. The van der Waals surface area contributed by atoms with Gasteiger partial charge in [-0.25, -0.2) is 0 Å². The highest BCUT2D eigenvalue weighted by Gasteiger charge is 2.17. The van der Waals surface area contributed by atoms with Crippen LogP contribution in [0.4, 0.5) is 5.69 Å². The number of fused-ring (bicyclic) bond motifs is 1. The molecule has 3 rings (SSSR count). The number of aliphatic hydroxyl groups is 1. The van der Waals surface area contributed by atoms with E-state index in [0.29, 0.717) is 13.0 Å². The van der Waals surface area contributed by atoms with Gasteiger partial charge >= 0.3 is 0 Å². The van der Waals surface area contributed by atoms with Gasteiger partial charge in [0.2, 0.25) is 5.91 Å². The predicted octanol–water partition coefficient (Wildman–Crippen LogP) is 2.23. The van der Waals surface area contributed by atoms with Crippen LogP contribution in [0.5, 0.6) is 0 Å². The Bertz CT molecular complexity index is 782. The van der Waals surface area contributed by atoms with Gasteiger partial charge in [-0.15, -0.1) is 0 Å². The van der Waals surface area contributed by atoms with Crippen molar-refractivity contribution < 1.29 is 9.90 Å². The first-order valence-corrected chi connectivity index (χ1v) is 8.79. The molecular formula is C19H26N4O2. The van der Waals surface area contributed by atoms with Gasteiger partial charge in [0.05, 0.1) is 18.8 Å². The van der Waals surface area contributed by atoms with E-state index in [0.717, 1.165) is 30.0 Å². The van der Waals surface area contributed by atoms with Crippen LogP contribution in [0.2, 0.25) is 0 Å². The SMILES string of the molecule is Cc1nn(CCO)c(C)c1CNC(C)c1ccc2c(c1)CCC(=O)N2. The number of aromatic nitrogens is 2. The monoisotopic (exact) mass is 342 g/mol. The second kappa shape index (κ2) is 7.37. The highest BCUT2D eigenvalue weighted by molar-refractivity contribution is 5.93. The summed E-state index contributed by atoms with van der Waals surface area (Å²) < 4.78 is 1.86. The number of rotatable bonds is 6. The van der Waals surface area contributed by atoms with E-state index in [9.17, 15) is 4.79 Å². The Morgan fingerprint density at radius 1 is 1.36 bits per heavy atom. The Balaban J connectivity index is 1.69. The van der Waals surface area contributed by atoms with Crippen LogP contribution < -0.4 is 10.6 Å². The van der Waals surface area contributed by atoms with Crippen LogP contribution in [-0.4, -0.2) is 27.4 Å². The zero-order valence-corrected chi connectivity index (χ0v) is 15.1. The molecule has 134 valence electrons. The summed E-state index contributed by atoms with van der Waals surface area (Å²) in [6.45, 7) is 7.54. The number of nitrogens with one attached hydrogen (secondary N) is 2. The maximum absolute atomic E-state index is 11.5. The zero-order valence-electron chi connectivity index (χ0n) is 15.1. The van der Waals surface area contributed by atoms with Crippen molar-refractivity contribution in [3.05, 3.63) is 46.3 Å². The van der Waals surface area contributed by atoms with Crippen LogP contribution in [0.15, 0.2) is 18.2 Å². The lowest BCUT2D eigenvalue weighted by molar-refractivity contribution is -0.116. The van der Waals surface area contributed by atoms with Gasteiger partial charge in [0.25, 0.3) is 0 Å². The molecule has 0 bridgehead atoms. The quantitative estimate of drug-likeness (QED) is 0.752. The smallest absolute Gasteiger partial charge is 0.224 e. The number of hydrogen-bond donors (Lipinski definition) is 3. The van der Waals surface area contributed by atoms with E-state index in [-0.39, 0.29) is 18.6 Å². The first-order chi connectivity index (χ1) is 12.0. The fraction of sp³-hybridized carbons (Fsp3) is 0.474. The third-order valence-corrected chi connectivity index (χ3v) is 4.95. The van der Waals surface area contributed by atoms with Gasteiger partial charge < -0.3 is 15.7 Å². The minimum absolute atomic E-state index is 0.0941. The summed E-state index contributed by atoms with van der Waals surface area (Å²) in [7, 11) is 0. The highest BCUT2D eigenvalue weighted by atomic mass is 16.3. The Kier molecular flexibility index (Phi) is 5.20. The first kappa shape index (κ1) is 17.6. The molecule has 25 heavy (non-hydrogen) atoms. The van der Waals surface area contributed by atoms with E-state index in [1.807, 2.05) is 24.6 Å². The Morgan fingerprint density at radius 2 is 2.16 bits per heavy atom. The number of amides is 1. The molecule has 0 radical (unpaired) electrons. The minimum Gasteiger partial charge on any atom is -0.394 e. The van der Waals surface area contributed by atoms with Crippen molar-refractivity contribution >= 4 is 11.6 Å². The molecule has 0 saturated heterocycles. The summed E-state index contributed by atoms with van der Waals surface area (Å²) in [5, 5.41) is 20.1. The molecule has 1 unspecified atom stereocenters. The summed E-state index contributed by atoms with van der Waals surface area (Å²) >= 11 is 0.